The molecule has 0 rings (SSSR count). The first-order valence-corrected chi connectivity index (χ1v) is 6.43. The van der Waals surface area contributed by atoms with Crippen LogP contribution in [0.4, 0.5) is 0 Å². The summed E-state index contributed by atoms with van der Waals surface area (Å²) in [5.74, 6) is 0. The number of hydrogen-bond acceptors (Lipinski definition) is 0. The Kier molecular flexibility index (Phi) is 9.80. The molecule has 0 bridgehead atoms. The van der Waals surface area contributed by atoms with Gasteiger partial charge in [0.15, 0.2) is 0 Å². The molecular weight excluding hydrogens is 192 g/mol. The Morgan fingerprint density at radius 2 is 1.19 bits per heavy atom. The molecule has 0 aromatic carbocycles. The molecule has 0 aliphatic carbocycles. The minimum atomic E-state index is 1.03. The van der Waals surface area contributed by atoms with Gasteiger partial charge in [0.2, 0.25) is 0 Å². The fourth-order valence-electron chi connectivity index (χ4n) is 1.31. The lowest BCUT2D eigenvalue weighted by atomic mass is 10.1. The van der Waals surface area contributed by atoms with Crippen LogP contribution in [0.15, 0.2) is 48.6 Å². The largest absolute Gasteiger partial charge is 0.0912 e. The number of hydrogen-bond donors (Lipinski definition) is 0. The highest BCUT2D eigenvalue weighted by molar-refractivity contribution is 5.42. The van der Waals surface area contributed by atoms with Crippen molar-refractivity contribution in [2.45, 2.75) is 52.4 Å². The van der Waals surface area contributed by atoms with E-state index in [1.165, 1.54) is 25.7 Å². The molecule has 0 aromatic rings. The van der Waals surface area contributed by atoms with E-state index in [9.17, 15) is 0 Å². The summed E-state index contributed by atoms with van der Waals surface area (Å²) in [6, 6.07) is 0. The molecule has 0 unspecified atom stereocenters. The van der Waals surface area contributed by atoms with Crippen molar-refractivity contribution < 1.29 is 0 Å². The Labute approximate surface area is 101 Å². The third kappa shape index (κ3) is 8.28. The van der Waals surface area contributed by atoms with Gasteiger partial charge in [-0.25, -0.2) is 0 Å². The molecule has 0 fully saturated rings. The smallest absolute Gasteiger partial charge is 0.0265 e. The van der Waals surface area contributed by atoms with Gasteiger partial charge in [0.25, 0.3) is 0 Å². The highest BCUT2D eigenvalue weighted by Crippen LogP contribution is 2.10. The van der Waals surface area contributed by atoms with Crippen LogP contribution in [0, 0.1) is 0 Å². The molecule has 0 saturated carbocycles. The highest BCUT2D eigenvalue weighted by atomic mass is 14.0. The van der Waals surface area contributed by atoms with Crippen molar-refractivity contribution >= 4 is 0 Å². The molecule has 0 aliphatic rings. The summed E-state index contributed by atoms with van der Waals surface area (Å²) in [5.41, 5.74) is 2.06. The summed E-state index contributed by atoms with van der Waals surface area (Å²) < 4.78 is 0. The molecule has 90 valence electrons. The van der Waals surface area contributed by atoms with E-state index in [-0.39, 0.29) is 0 Å². The van der Waals surface area contributed by atoms with Crippen molar-refractivity contribution in [3.05, 3.63) is 48.6 Å². The molecule has 0 saturated heterocycles. The van der Waals surface area contributed by atoms with E-state index in [1.54, 1.807) is 0 Å². The quantitative estimate of drug-likeness (QED) is 0.349. The number of allylic oxidation sites excluding steroid dienone is 6. The van der Waals surface area contributed by atoms with Crippen LogP contribution in [-0.2, 0) is 0 Å². The fourth-order valence-corrected chi connectivity index (χ4v) is 1.31. The lowest BCUT2D eigenvalue weighted by molar-refractivity contribution is 0.814. The molecule has 0 atom stereocenters. The number of rotatable bonds is 9. The first-order valence-electron chi connectivity index (χ1n) is 6.43. The van der Waals surface area contributed by atoms with Crippen LogP contribution in [-0.4, -0.2) is 0 Å². The number of unbranched alkanes of at least 4 members (excludes halogenated alkanes) is 4. The second-order valence-corrected chi connectivity index (χ2v) is 4.14. The summed E-state index contributed by atoms with van der Waals surface area (Å²) in [6.45, 7) is 12.4. The topological polar surface area (TPSA) is 0 Å². The average molecular weight is 218 g/mol. The average Bonchev–Trinajstić information content (AvgIpc) is 2.29. The second kappa shape index (κ2) is 10.5. The SMILES string of the molecule is C=C(/C=C/CCCC)C(=C)/C=C/CCCC. The Bertz CT molecular complexity index is 225. The molecule has 16 heavy (non-hydrogen) atoms. The summed E-state index contributed by atoms with van der Waals surface area (Å²) in [4.78, 5) is 0. The van der Waals surface area contributed by atoms with Gasteiger partial charge in [0.1, 0.15) is 0 Å². The first kappa shape index (κ1) is 15.0. The maximum absolute atomic E-state index is 4.01. The van der Waals surface area contributed by atoms with Gasteiger partial charge in [0.05, 0.1) is 0 Å². The lowest BCUT2D eigenvalue weighted by Crippen LogP contribution is -1.79. The van der Waals surface area contributed by atoms with E-state index in [4.69, 9.17) is 0 Å². The molecule has 0 heterocycles. The van der Waals surface area contributed by atoms with Gasteiger partial charge in [0, 0.05) is 0 Å². The van der Waals surface area contributed by atoms with Crippen molar-refractivity contribution in [2.24, 2.45) is 0 Å². The maximum Gasteiger partial charge on any atom is -0.0265 e. The van der Waals surface area contributed by atoms with Crippen molar-refractivity contribution in [2.75, 3.05) is 0 Å². The minimum Gasteiger partial charge on any atom is -0.0912 e. The summed E-state index contributed by atoms with van der Waals surface area (Å²) in [5, 5.41) is 0. The predicted octanol–water partition coefficient (Wildman–Crippen LogP) is 5.59. The molecule has 0 aliphatic heterocycles. The van der Waals surface area contributed by atoms with E-state index in [0.29, 0.717) is 0 Å². The molecule has 0 amide bonds. The summed E-state index contributed by atoms with van der Waals surface area (Å²) in [7, 11) is 0. The van der Waals surface area contributed by atoms with Gasteiger partial charge >= 0.3 is 0 Å². The molecule has 0 N–H and O–H groups in total. The Balaban J connectivity index is 3.85. The molecular formula is C16H26. The zero-order valence-electron chi connectivity index (χ0n) is 11.0. The third-order valence-electron chi connectivity index (χ3n) is 2.50. The molecule has 0 nitrogen and oxygen atoms in total. The van der Waals surface area contributed by atoms with E-state index in [1.807, 2.05) is 0 Å². The third-order valence-corrected chi connectivity index (χ3v) is 2.50. The zero-order chi connectivity index (χ0) is 12.2. The summed E-state index contributed by atoms with van der Waals surface area (Å²) in [6.07, 6.45) is 15.8. The van der Waals surface area contributed by atoms with Crippen LogP contribution in [0.2, 0.25) is 0 Å². The minimum absolute atomic E-state index is 1.03. The molecule has 0 aromatic heterocycles. The normalized spacial score (nSPS) is 11.4. The monoisotopic (exact) mass is 218 g/mol. The molecule has 0 heteroatoms. The van der Waals surface area contributed by atoms with Crippen LogP contribution in [0.5, 0.6) is 0 Å². The van der Waals surface area contributed by atoms with Crippen LogP contribution in [0.25, 0.3) is 0 Å². The van der Waals surface area contributed by atoms with Crippen LogP contribution in [0.3, 0.4) is 0 Å². The van der Waals surface area contributed by atoms with E-state index in [0.717, 1.165) is 24.0 Å². The lowest BCUT2D eigenvalue weighted by Gasteiger charge is -1.98. The van der Waals surface area contributed by atoms with Gasteiger partial charge in [-0.05, 0) is 24.0 Å². The standard InChI is InChI=1S/C16H26/c1-5-7-9-11-13-15(3)16(4)14-12-10-8-6-2/h11-14H,3-10H2,1-2H3/b13-11+,14-12+. The van der Waals surface area contributed by atoms with Crippen molar-refractivity contribution in [1.29, 1.82) is 0 Å². The Morgan fingerprint density at radius 1 is 0.812 bits per heavy atom. The van der Waals surface area contributed by atoms with Gasteiger partial charge in [-0.2, -0.15) is 0 Å². The fraction of sp³-hybridized carbons (Fsp3) is 0.500. The first-order chi connectivity index (χ1) is 7.72. The summed E-state index contributed by atoms with van der Waals surface area (Å²) >= 11 is 0. The van der Waals surface area contributed by atoms with E-state index in [2.05, 4.69) is 51.3 Å². The van der Waals surface area contributed by atoms with Gasteiger partial charge < -0.3 is 0 Å². The zero-order valence-corrected chi connectivity index (χ0v) is 11.0. The van der Waals surface area contributed by atoms with E-state index >= 15 is 0 Å². The second-order valence-electron chi connectivity index (χ2n) is 4.14. The van der Waals surface area contributed by atoms with Crippen LogP contribution in [0.1, 0.15) is 52.4 Å². The van der Waals surface area contributed by atoms with Crippen molar-refractivity contribution in [3.8, 4) is 0 Å². The molecule has 0 spiro atoms. The van der Waals surface area contributed by atoms with Gasteiger partial charge in [-0.15, -0.1) is 0 Å². The highest BCUT2D eigenvalue weighted by Gasteiger charge is 1.90. The predicted molar refractivity (Wildman–Crippen MR) is 75.6 cm³/mol. The maximum atomic E-state index is 4.01. The Hall–Kier alpha value is -1.04. The van der Waals surface area contributed by atoms with Gasteiger partial charge in [-0.1, -0.05) is 77.0 Å². The van der Waals surface area contributed by atoms with Crippen molar-refractivity contribution in [3.63, 3.8) is 0 Å². The van der Waals surface area contributed by atoms with Crippen molar-refractivity contribution in [1.82, 2.24) is 0 Å². The Morgan fingerprint density at radius 3 is 1.50 bits per heavy atom. The van der Waals surface area contributed by atoms with E-state index < -0.39 is 0 Å². The van der Waals surface area contributed by atoms with Crippen LogP contribution < -0.4 is 0 Å². The van der Waals surface area contributed by atoms with Gasteiger partial charge in [-0.3, -0.25) is 0 Å². The van der Waals surface area contributed by atoms with Crippen LogP contribution >= 0.6 is 0 Å². The molecule has 0 radical (unpaired) electrons.